The molecule has 0 aliphatic carbocycles. The Morgan fingerprint density at radius 3 is 2.57 bits per heavy atom. The third kappa shape index (κ3) is 5.31. The van der Waals surface area contributed by atoms with Gasteiger partial charge in [0.15, 0.2) is 0 Å². The fourth-order valence-corrected chi connectivity index (χ4v) is 4.46. The molecular weight excluding hydrogens is 448 g/mol. The lowest BCUT2D eigenvalue weighted by Crippen LogP contribution is -2.43. The first-order valence-electron chi connectivity index (χ1n) is 11.7. The average molecular weight is 481 g/mol. The van der Waals surface area contributed by atoms with E-state index in [-0.39, 0.29) is 23.7 Å². The van der Waals surface area contributed by atoms with Gasteiger partial charge in [-0.05, 0) is 51.5 Å². The lowest BCUT2D eigenvalue weighted by Gasteiger charge is -2.32. The summed E-state index contributed by atoms with van der Waals surface area (Å²) in [6.07, 6.45) is 0. The maximum absolute atomic E-state index is 13.8. The zero-order valence-electron chi connectivity index (χ0n) is 20.5. The number of aromatic nitrogens is 2. The number of hydrogen-bond acceptors (Lipinski definition) is 7. The van der Waals surface area contributed by atoms with Gasteiger partial charge in [0.1, 0.15) is 0 Å². The summed E-state index contributed by atoms with van der Waals surface area (Å²) in [7, 11) is 0. The van der Waals surface area contributed by atoms with E-state index in [0.717, 1.165) is 11.1 Å². The number of morpholine rings is 1. The quantitative estimate of drug-likeness (QED) is 0.472. The van der Waals surface area contributed by atoms with E-state index in [1.165, 1.54) is 0 Å². The second-order valence-corrected chi connectivity index (χ2v) is 9.68. The van der Waals surface area contributed by atoms with E-state index in [9.17, 15) is 19.8 Å². The van der Waals surface area contributed by atoms with Crippen molar-refractivity contribution in [1.29, 1.82) is 0 Å². The van der Waals surface area contributed by atoms with Crippen molar-refractivity contribution in [2.24, 2.45) is 0 Å². The molecule has 1 unspecified atom stereocenters. The van der Waals surface area contributed by atoms with Gasteiger partial charge in [0.05, 0.1) is 47.9 Å². The maximum atomic E-state index is 13.8. The van der Waals surface area contributed by atoms with Crippen molar-refractivity contribution < 1.29 is 19.7 Å². The molecule has 4 rings (SSSR count). The molecule has 2 heterocycles. The molecule has 1 aliphatic heterocycles. The number of anilines is 2. The van der Waals surface area contributed by atoms with Crippen LogP contribution in [0.25, 0.3) is 10.9 Å². The Morgan fingerprint density at radius 2 is 1.91 bits per heavy atom. The number of aryl methyl sites for hydroxylation is 1. The standard InChI is InChI=1S/C26H32N4O5/c1-16-13-19(17(2)27-21-8-6-5-7-18(21)24(32)33)22-20(14-16)23(31)30(15-26(3,4)34)25(28-22)29-9-11-35-12-10-29/h5-8,13-14,17,27,34H,9-12,15H2,1-4H3,(H,32,33). The van der Waals surface area contributed by atoms with Crippen LogP contribution in [0.3, 0.4) is 0 Å². The average Bonchev–Trinajstić information content (AvgIpc) is 2.80. The molecule has 1 fully saturated rings. The van der Waals surface area contributed by atoms with Crippen molar-refractivity contribution in [3.05, 3.63) is 63.4 Å². The van der Waals surface area contributed by atoms with Crippen LogP contribution in [0.2, 0.25) is 0 Å². The Balaban J connectivity index is 1.88. The largest absolute Gasteiger partial charge is 0.478 e. The molecule has 0 spiro atoms. The van der Waals surface area contributed by atoms with E-state index in [0.29, 0.717) is 48.8 Å². The van der Waals surface area contributed by atoms with Crippen molar-refractivity contribution in [2.45, 2.75) is 45.9 Å². The smallest absolute Gasteiger partial charge is 0.337 e. The van der Waals surface area contributed by atoms with Gasteiger partial charge in [0.2, 0.25) is 5.95 Å². The maximum Gasteiger partial charge on any atom is 0.337 e. The molecule has 1 saturated heterocycles. The van der Waals surface area contributed by atoms with E-state index >= 15 is 0 Å². The SMILES string of the molecule is Cc1cc(C(C)Nc2ccccc2C(=O)O)c2nc(N3CCOCC3)n(CC(C)(C)O)c(=O)c2c1. The van der Waals surface area contributed by atoms with Gasteiger partial charge in [0.25, 0.3) is 5.56 Å². The van der Waals surface area contributed by atoms with Crippen LogP contribution in [0, 0.1) is 6.92 Å². The van der Waals surface area contributed by atoms with Gasteiger partial charge in [-0.15, -0.1) is 0 Å². The number of benzene rings is 2. The fraction of sp³-hybridized carbons (Fsp3) is 0.423. The van der Waals surface area contributed by atoms with Gasteiger partial charge in [0, 0.05) is 24.3 Å². The molecule has 3 N–H and O–H groups in total. The van der Waals surface area contributed by atoms with Gasteiger partial charge < -0.3 is 25.2 Å². The van der Waals surface area contributed by atoms with Crippen LogP contribution < -0.4 is 15.8 Å². The first-order chi connectivity index (χ1) is 16.5. The van der Waals surface area contributed by atoms with Crippen molar-refractivity contribution in [3.63, 3.8) is 0 Å². The minimum atomic E-state index is -1.11. The van der Waals surface area contributed by atoms with Crippen molar-refractivity contribution in [1.82, 2.24) is 9.55 Å². The molecule has 9 heteroatoms. The molecular formula is C26H32N4O5. The third-order valence-electron chi connectivity index (χ3n) is 6.05. The van der Waals surface area contributed by atoms with Crippen LogP contribution >= 0.6 is 0 Å². The monoisotopic (exact) mass is 480 g/mol. The first kappa shape index (κ1) is 24.7. The Morgan fingerprint density at radius 1 is 1.23 bits per heavy atom. The van der Waals surface area contributed by atoms with Crippen LogP contribution in [0.5, 0.6) is 0 Å². The van der Waals surface area contributed by atoms with E-state index in [2.05, 4.69) is 5.32 Å². The molecule has 0 bridgehead atoms. The summed E-state index contributed by atoms with van der Waals surface area (Å²) >= 11 is 0. The van der Waals surface area contributed by atoms with Crippen molar-refractivity contribution >= 4 is 28.5 Å². The number of carboxylic acids is 1. The van der Waals surface area contributed by atoms with Gasteiger partial charge in [-0.3, -0.25) is 9.36 Å². The molecule has 1 aliphatic rings. The van der Waals surface area contributed by atoms with E-state index in [4.69, 9.17) is 9.72 Å². The zero-order valence-corrected chi connectivity index (χ0v) is 20.5. The second-order valence-electron chi connectivity index (χ2n) is 9.68. The van der Waals surface area contributed by atoms with Crippen LogP contribution in [-0.2, 0) is 11.3 Å². The highest BCUT2D eigenvalue weighted by Gasteiger charge is 2.25. The summed E-state index contributed by atoms with van der Waals surface area (Å²) in [6, 6.07) is 10.2. The first-order valence-corrected chi connectivity index (χ1v) is 11.7. The van der Waals surface area contributed by atoms with Crippen LogP contribution in [-0.4, -0.2) is 57.6 Å². The topological polar surface area (TPSA) is 117 Å². The number of carbonyl (C=O) groups is 1. The van der Waals surface area contributed by atoms with Crippen LogP contribution in [0.1, 0.15) is 48.3 Å². The van der Waals surface area contributed by atoms with E-state index in [1.54, 1.807) is 42.7 Å². The molecule has 9 nitrogen and oxygen atoms in total. The zero-order chi connectivity index (χ0) is 25.3. The minimum Gasteiger partial charge on any atom is -0.478 e. The number of nitrogens with zero attached hydrogens (tertiary/aromatic N) is 3. The summed E-state index contributed by atoms with van der Waals surface area (Å²) in [5, 5.41) is 23.9. The molecule has 1 aromatic heterocycles. The number of fused-ring (bicyclic) bond motifs is 1. The summed E-state index contributed by atoms with van der Waals surface area (Å²) in [5.41, 5.74) is 1.57. The predicted octanol–water partition coefficient (Wildman–Crippen LogP) is 3.18. The Bertz CT molecular complexity index is 1310. The lowest BCUT2D eigenvalue weighted by molar-refractivity contribution is 0.0601. The number of para-hydroxylation sites is 1. The van der Waals surface area contributed by atoms with Gasteiger partial charge in [-0.25, -0.2) is 9.78 Å². The summed E-state index contributed by atoms with van der Waals surface area (Å²) < 4.78 is 7.04. The Labute approximate surface area is 204 Å². The molecule has 0 saturated carbocycles. The molecule has 1 atom stereocenters. The second kappa shape index (κ2) is 9.67. The van der Waals surface area contributed by atoms with Crippen LogP contribution in [0.4, 0.5) is 11.6 Å². The highest BCUT2D eigenvalue weighted by Crippen LogP contribution is 2.29. The number of aromatic carboxylic acids is 1. The molecule has 186 valence electrons. The Kier molecular flexibility index (Phi) is 6.82. The Hall–Kier alpha value is -3.43. The lowest BCUT2D eigenvalue weighted by atomic mass is 10.0. The third-order valence-corrected chi connectivity index (χ3v) is 6.05. The minimum absolute atomic E-state index is 0.102. The highest BCUT2D eigenvalue weighted by atomic mass is 16.5. The summed E-state index contributed by atoms with van der Waals surface area (Å²) in [4.78, 5) is 32.4. The number of aliphatic hydroxyl groups is 1. The molecule has 0 amide bonds. The van der Waals surface area contributed by atoms with Crippen molar-refractivity contribution in [2.75, 3.05) is 36.5 Å². The van der Waals surface area contributed by atoms with Gasteiger partial charge in [-0.1, -0.05) is 18.2 Å². The van der Waals surface area contributed by atoms with Gasteiger partial charge in [-0.2, -0.15) is 0 Å². The van der Waals surface area contributed by atoms with E-state index in [1.807, 2.05) is 30.9 Å². The highest BCUT2D eigenvalue weighted by molar-refractivity contribution is 5.94. The normalized spacial score (nSPS) is 15.3. The number of nitrogens with one attached hydrogen (secondary N) is 1. The molecule has 3 aromatic rings. The van der Waals surface area contributed by atoms with Crippen LogP contribution in [0.15, 0.2) is 41.2 Å². The number of ether oxygens (including phenoxy) is 1. The number of hydrogen-bond donors (Lipinski definition) is 3. The summed E-state index contributed by atoms with van der Waals surface area (Å²) in [6.45, 7) is 9.50. The summed E-state index contributed by atoms with van der Waals surface area (Å²) in [5.74, 6) is -0.521. The van der Waals surface area contributed by atoms with Gasteiger partial charge >= 0.3 is 5.97 Å². The fourth-order valence-electron chi connectivity index (χ4n) is 4.46. The number of rotatable bonds is 7. The predicted molar refractivity (Wildman–Crippen MR) is 136 cm³/mol. The van der Waals surface area contributed by atoms with E-state index < -0.39 is 11.6 Å². The molecule has 35 heavy (non-hydrogen) atoms. The molecule has 0 radical (unpaired) electrons. The molecule has 2 aromatic carbocycles. The number of carboxylic acid groups (broad SMARTS) is 1. The van der Waals surface area contributed by atoms with Crippen molar-refractivity contribution in [3.8, 4) is 0 Å².